The largest absolute Gasteiger partial charge is 0.274 e. The number of aromatic nitrogens is 3. The highest BCUT2D eigenvalue weighted by Gasteiger charge is 2.31. The lowest BCUT2D eigenvalue weighted by atomic mass is 10.1. The smallest absolute Gasteiger partial charge is 0.265 e. The molecular weight excluding hydrogens is 396 g/mol. The van der Waals surface area contributed by atoms with Crippen molar-refractivity contribution in [3.8, 4) is 5.69 Å². The van der Waals surface area contributed by atoms with Gasteiger partial charge in [0.25, 0.3) is 5.91 Å². The molecule has 0 aliphatic carbocycles. The van der Waals surface area contributed by atoms with E-state index in [-0.39, 0.29) is 22.7 Å². The first kappa shape index (κ1) is 20.1. The third-order valence-corrected chi connectivity index (χ3v) is 5.19. The van der Waals surface area contributed by atoms with Crippen LogP contribution >= 0.6 is 23.4 Å². The number of pyridine rings is 1. The van der Waals surface area contributed by atoms with Gasteiger partial charge in [0.1, 0.15) is 5.69 Å². The summed E-state index contributed by atoms with van der Waals surface area (Å²) in [6, 6.07) is 12.2. The van der Waals surface area contributed by atoms with Gasteiger partial charge in [-0.3, -0.25) is 14.6 Å². The van der Waals surface area contributed by atoms with Crippen LogP contribution in [-0.4, -0.2) is 38.6 Å². The van der Waals surface area contributed by atoms with Gasteiger partial charge in [0.2, 0.25) is 5.91 Å². The lowest BCUT2D eigenvalue weighted by molar-refractivity contribution is -0.120. The normalized spacial score (nSPS) is 11.8. The summed E-state index contributed by atoms with van der Waals surface area (Å²) in [5.41, 5.74) is 1.32. The number of rotatable bonds is 6. The second-order valence-electron chi connectivity index (χ2n) is 6.16. The van der Waals surface area contributed by atoms with E-state index in [4.69, 9.17) is 11.6 Å². The Morgan fingerprint density at radius 1 is 1.21 bits per heavy atom. The number of amides is 2. The Hall–Kier alpha value is -2.64. The van der Waals surface area contributed by atoms with E-state index in [1.165, 1.54) is 4.68 Å². The van der Waals surface area contributed by atoms with Crippen LogP contribution in [-0.2, 0) is 4.79 Å². The zero-order valence-electron chi connectivity index (χ0n) is 15.4. The molecular formula is C20H19ClN4O2S. The maximum absolute atomic E-state index is 13.2. The summed E-state index contributed by atoms with van der Waals surface area (Å²) in [5.74, 6) is -0.534. The quantitative estimate of drug-likeness (QED) is 0.607. The van der Waals surface area contributed by atoms with E-state index in [1.807, 2.05) is 18.4 Å². The lowest BCUT2D eigenvalue weighted by Gasteiger charge is -2.23. The minimum Gasteiger partial charge on any atom is -0.274 e. The lowest BCUT2D eigenvalue weighted by Crippen LogP contribution is -2.41. The number of carbonyl (C=O) groups is 2. The number of nitrogens with zero attached hydrogens (tertiary/aromatic N) is 4. The number of imide groups is 1. The molecule has 1 atom stereocenters. The van der Waals surface area contributed by atoms with E-state index in [1.54, 1.807) is 67.6 Å². The molecule has 0 radical (unpaired) electrons. The highest BCUT2D eigenvalue weighted by molar-refractivity contribution is 7.98. The predicted molar refractivity (Wildman–Crippen MR) is 112 cm³/mol. The van der Waals surface area contributed by atoms with Crippen molar-refractivity contribution < 1.29 is 9.59 Å². The first-order valence-electron chi connectivity index (χ1n) is 8.60. The summed E-state index contributed by atoms with van der Waals surface area (Å²) in [7, 11) is 0. The van der Waals surface area contributed by atoms with Crippen LogP contribution in [0.15, 0.2) is 61.1 Å². The topological polar surface area (TPSA) is 68.1 Å². The zero-order chi connectivity index (χ0) is 20.1. The molecule has 144 valence electrons. The van der Waals surface area contributed by atoms with Crippen LogP contribution in [0.3, 0.4) is 0 Å². The van der Waals surface area contributed by atoms with E-state index in [0.29, 0.717) is 17.0 Å². The van der Waals surface area contributed by atoms with Gasteiger partial charge in [0.15, 0.2) is 5.15 Å². The zero-order valence-corrected chi connectivity index (χ0v) is 17.0. The number of halogens is 1. The highest BCUT2D eigenvalue weighted by atomic mass is 35.5. The van der Waals surface area contributed by atoms with Crippen molar-refractivity contribution in [3.05, 3.63) is 71.8 Å². The van der Waals surface area contributed by atoms with Gasteiger partial charge in [0, 0.05) is 23.4 Å². The summed E-state index contributed by atoms with van der Waals surface area (Å²) in [4.78, 5) is 31.5. The van der Waals surface area contributed by atoms with Crippen molar-refractivity contribution in [2.24, 2.45) is 5.92 Å². The Kier molecular flexibility index (Phi) is 6.49. The van der Waals surface area contributed by atoms with Gasteiger partial charge in [-0.25, -0.2) is 9.58 Å². The maximum atomic E-state index is 13.2. The molecule has 2 amide bonds. The first-order valence-corrected chi connectivity index (χ1v) is 10.4. The number of hydrogen-bond donors (Lipinski definition) is 0. The molecule has 3 aromatic rings. The summed E-state index contributed by atoms with van der Waals surface area (Å²) in [5, 5.41) is 4.32. The first-order chi connectivity index (χ1) is 13.5. The maximum Gasteiger partial charge on any atom is 0.265 e. The standard InChI is InChI=1S/C20H19ClN4O2S/c1-14(13-28-2)19(26)25(20(27)15-7-4-3-5-8-15)17-12-24(23-18(17)21)16-9-6-10-22-11-16/h3-12,14H,13H2,1-2H3. The molecule has 3 rings (SSSR count). The van der Waals surface area contributed by atoms with Gasteiger partial charge >= 0.3 is 0 Å². The molecule has 0 aliphatic heterocycles. The molecule has 0 saturated carbocycles. The fourth-order valence-electron chi connectivity index (χ4n) is 2.70. The van der Waals surface area contributed by atoms with E-state index in [2.05, 4.69) is 10.1 Å². The molecule has 6 nitrogen and oxygen atoms in total. The summed E-state index contributed by atoms with van der Waals surface area (Å²) >= 11 is 7.89. The summed E-state index contributed by atoms with van der Waals surface area (Å²) < 4.78 is 1.50. The Morgan fingerprint density at radius 2 is 1.96 bits per heavy atom. The molecule has 2 heterocycles. The minimum absolute atomic E-state index is 0.0674. The van der Waals surface area contributed by atoms with Gasteiger partial charge in [0.05, 0.1) is 18.1 Å². The van der Waals surface area contributed by atoms with Gasteiger partial charge in [-0.2, -0.15) is 16.9 Å². The number of thioether (sulfide) groups is 1. The van der Waals surface area contributed by atoms with E-state index >= 15 is 0 Å². The second kappa shape index (κ2) is 9.03. The van der Waals surface area contributed by atoms with Gasteiger partial charge < -0.3 is 0 Å². The molecule has 0 N–H and O–H groups in total. The van der Waals surface area contributed by atoms with E-state index in [0.717, 1.165) is 4.90 Å². The number of benzene rings is 1. The van der Waals surface area contributed by atoms with Crippen LogP contribution in [0, 0.1) is 5.92 Å². The Balaban J connectivity index is 2.05. The Morgan fingerprint density at radius 3 is 2.61 bits per heavy atom. The van der Waals surface area contributed by atoms with Crippen LogP contribution in [0.4, 0.5) is 5.69 Å². The monoisotopic (exact) mass is 414 g/mol. The van der Waals surface area contributed by atoms with Crippen molar-refractivity contribution in [2.75, 3.05) is 16.9 Å². The molecule has 0 bridgehead atoms. The van der Waals surface area contributed by atoms with E-state index < -0.39 is 5.91 Å². The molecule has 8 heteroatoms. The fraction of sp³-hybridized carbons (Fsp3) is 0.200. The van der Waals surface area contributed by atoms with Gasteiger partial charge in [-0.1, -0.05) is 36.7 Å². The average molecular weight is 415 g/mol. The van der Waals surface area contributed by atoms with E-state index in [9.17, 15) is 9.59 Å². The number of anilines is 1. The molecule has 28 heavy (non-hydrogen) atoms. The molecule has 0 spiro atoms. The molecule has 0 saturated heterocycles. The van der Waals surface area contributed by atoms with Crippen molar-refractivity contribution in [1.82, 2.24) is 14.8 Å². The predicted octanol–water partition coefficient (Wildman–Crippen LogP) is 4.09. The molecule has 1 aromatic carbocycles. The van der Waals surface area contributed by atoms with Crippen molar-refractivity contribution >= 4 is 40.9 Å². The second-order valence-corrected chi connectivity index (χ2v) is 7.43. The van der Waals surface area contributed by atoms with Crippen LogP contribution in [0.25, 0.3) is 5.69 Å². The SMILES string of the molecule is CSCC(C)C(=O)N(C(=O)c1ccccc1)c1cn(-c2cccnc2)nc1Cl. The summed E-state index contributed by atoms with van der Waals surface area (Å²) in [6.07, 6.45) is 6.76. The molecule has 0 aliphatic rings. The minimum atomic E-state index is -0.439. The third-order valence-electron chi connectivity index (χ3n) is 4.09. The highest BCUT2D eigenvalue weighted by Crippen LogP contribution is 2.29. The van der Waals surface area contributed by atoms with Gasteiger partial charge in [-0.05, 0) is 30.5 Å². The fourth-order valence-corrected chi connectivity index (χ4v) is 3.55. The van der Waals surface area contributed by atoms with Crippen LogP contribution in [0.5, 0.6) is 0 Å². The van der Waals surface area contributed by atoms with Crippen molar-refractivity contribution in [1.29, 1.82) is 0 Å². The average Bonchev–Trinajstić information content (AvgIpc) is 3.11. The van der Waals surface area contributed by atoms with Crippen LogP contribution in [0.1, 0.15) is 17.3 Å². The molecule has 0 fully saturated rings. The van der Waals surface area contributed by atoms with Crippen LogP contribution < -0.4 is 4.90 Å². The Labute approximate surface area is 172 Å². The summed E-state index contributed by atoms with van der Waals surface area (Å²) in [6.45, 7) is 1.80. The molecule has 2 aromatic heterocycles. The van der Waals surface area contributed by atoms with Crippen molar-refractivity contribution in [3.63, 3.8) is 0 Å². The Bertz CT molecular complexity index is 963. The number of carbonyl (C=O) groups excluding carboxylic acids is 2. The van der Waals surface area contributed by atoms with Gasteiger partial charge in [-0.15, -0.1) is 0 Å². The third kappa shape index (κ3) is 4.26. The van der Waals surface area contributed by atoms with Crippen LogP contribution in [0.2, 0.25) is 5.15 Å². The number of hydrogen-bond acceptors (Lipinski definition) is 5. The molecule has 1 unspecified atom stereocenters. The van der Waals surface area contributed by atoms with Crippen molar-refractivity contribution in [2.45, 2.75) is 6.92 Å².